The van der Waals surface area contributed by atoms with E-state index >= 15 is 0 Å². The van der Waals surface area contributed by atoms with Gasteiger partial charge in [-0.15, -0.1) is 0 Å². The Bertz CT molecular complexity index is 914. The van der Waals surface area contributed by atoms with E-state index in [2.05, 4.69) is 22.2 Å². The Morgan fingerprint density at radius 1 is 1.12 bits per heavy atom. The minimum absolute atomic E-state index is 0.00124. The minimum atomic E-state index is -0.365. The molecule has 3 heterocycles. The molecule has 0 spiro atoms. The Morgan fingerprint density at radius 2 is 1.92 bits per heavy atom. The maximum atomic E-state index is 12.9. The van der Waals surface area contributed by atoms with Gasteiger partial charge in [-0.3, -0.25) is 0 Å². The molecule has 4 rings (SSSR count). The van der Waals surface area contributed by atoms with Crippen molar-refractivity contribution in [1.82, 2.24) is 14.7 Å². The monoisotopic (exact) mass is 455 g/mol. The Morgan fingerprint density at radius 3 is 2.62 bits per heavy atom. The van der Waals surface area contributed by atoms with Gasteiger partial charge in [-0.2, -0.15) is 0 Å². The fourth-order valence-corrected chi connectivity index (χ4v) is 5.62. The Labute approximate surface area is 168 Å². The van der Waals surface area contributed by atoms with Gasteiger partial charge in [-0.05, 0) is 0 Å². The molecule has 2 aliphatic heterocycles. The van der Waals surface area contributed by atoms with Crippen LogP contribution in [0.4, 0.5) is 0 Å². The molecule has 1 amide bonds. The second-order valence-corrected chi connectivity index (χ2v) is 9.64. The number of carbonyl (C=O) groups excluding carboxylic acids is 1. The number of allylic oxidation sites excluding steroid dienone is 2. The van der Waals surface area contributed by atoms with Crippen molar-refractivity contribution in [2.45, 2.75) is 19.3 Å². The summed E-state index contributed by atoms with van der Waals surface area (Å²) in [5.74, 6) is 0.00124. The Kier molecular flexibility index (Phi) is 5.23. The topological polar surface area (TPSA) is 38.1 Å². The average molecular weight is 455 g/mol. The van der Waals surface area contributed by atoms with Crippen LogP contribution in [0.15, 0.2) is 41.4 Å². The molecule has 0 bridgehead atoms. The summed E-state index contributed by atoms with van der Waals surface area (Å²) in [7, 11) is 0. The van der Waals surface area contributed by atoms with Crippen molar-refractivity contribution in [1.29, 1.82) is 0 Å². The van der Waals surface area contributed by atoms with Crippen LogP contribution in [0.3, 0.4) is 0 Å². The molecule has 1 aromatic heterocycles. The number of nitrogens with zero attached hydrogens (tertiary/aromatic N) is 3. The van der Waals surface area contributed by atoms with Gasteiger partial charge in [-0.1, -0.05) is 0 Å². The number of benzene rings is 1. The van der Waals surface area contributed by atoms with Crippen LogP contribution in [0, 0.1) is 0 Å². The van der Waals surface area contributed by atoms with Crippen LogP contribution in [0.5, 0.6) is 0 Å². The third-order valence-corrected chi connectivity index (χ3v) is 7.41. The quantitative estimate of drug-likeness (QED) is 0.660. The van der Waals surface area contributed by atoms with Crippen molar-refractivity contribution in [3.05, 3.63) is 62.8 Å². The molecule has 1 aromatic carbocycles. The number of halogens is 2. The van der Waals surface area contributed by atoms with Crippen LogP contribution >= 0.6 is 23.2 Å². The van der Waals surface area contributed by atoms with Crippen LogP contribution in [0.25, 0.3) is 10.2 Å². The Balaban J connectivity index is 1.76. The summed E-state index contributed by atoms with van der Waals surface area (Å²) < 4.78 is 3.03. The molecule has 4 nitrogen and oxygen atoms in total. The van der Waals surface area contributed by atoms with Crippen LogP contribution in [-0.2, 0) is 0 Å². The van der Waals surface area contributed by atoms with E-state index in [0.29, 0.717) is 15.7 Å². The van der Waals surface area contributed by atoms with Gasteiger partial charge in [0.25, 0.3) is 0 Å². The van der Waals surface area contributed by atoms with Crippen molar-refractivity contribution >= 4 is 48.5 Å². The second-order valence-electron chi connectivity index (χ2n) is 6.36. The number of piperidine rings is 1. The predicted molar refractivity (Wildman–Crippen MR) is 109 cm³/mol. The summed E-state index contributed by atoms with van der Waals surface area (Å²) in [5.41, 5.74) is 2.16. The molecule has 0 saturated carbocycles. The number of carbonyl (C=O) groups is 1. The van der Waals surface area contributed by atoms with Gasteiger partial charge in [0.15, 0.2) is 0 Å². The van der Waals surface area contributed by atoms with Crippen molar-refractivity contribution in [2.24, 2.45) is 0 Å². The van der Waals surface area contributed by atoms with Crippen molar-refractivity contribution in [3.8, 4) is 5.69 Å². The van der Waals surface area contributed by atoms with Crippen LogP contribution in [-0.4, -0.2) is 48.6 Å². The van der Waals surface area contributed by atoms with Crippen molar-refractivity contribution in [3.63, 3.8) is 0 Å². The molecule has 0 atom stereocenters. The summed E-state index contributed by atoms with van der Waals surface area (Å²) in [5, 5.41) is 5.74. The van der Waals surface area contributed by atoms with Gasteiger partial charge in [0.05, 0.1) is 0 Å². The first-order valence-electron chi connectivity index (χ1n) is 8.62. The summed E-state index contributed by atoms with van der Waals surface area (Å²) >= 11 is 12.1. The molecule has 1 fully saturated rings. The second kappa shape index (κ2) is 7.61. The molecule has 26 heavy (non-hydrogen) atoms. The predicted octanol–water partition coefficient (Wildman–Crippen LogP) is 3.84. The molecule has 0 N–H and O–H groups in total. The molecule has 1 saturated heterocycles. The van der Waals surface area contributed by atoms with Crippen molar-refractivity contribution in [2.75, 3.05) is 13.1 Å². The number of hydrogen-bond donors (Lipinski definition) is 0. The van der Waals surface area contributed by atoms with Crippen LogP contribution < -0.4 is 0 Å². The summed E-state index contributed by atoms with van der Waals surface area (Å²) in [6.07, 6.45) is 7.48. The van der Waals surface area contributed by atoms with E-state index in [9.17, 15) is 4.79 Å². The number of aromatic nitrogens is 2. The number of amides is 1. The molecule has 0 aliphatic carbocycles. The zero-order valence-electron chi connectivity index (χ0n) is 14.1. The molecular formula is C19H19Cl2N3OSe. The maximum absolute atomic E-state index is 12.9. The molecule has 2 aromatic rings. The molecule has 7 heteroatoms. The van der Waals surface area contributed by atoms with E-state index < -0.39 is 0 Å². The first-order valence-corrected chi connectivity index (χ1v) is 11.6. The fraction of sp³-hybridized carbons (Fsp3) is 0.263. The van der Waals surface area contributed by atoms with Gasteiger partial charge in [0.1, 0.15) is 0 Å². The van der Waals surface area contributed by atoms with E-state index in [1.54, 1.807) is 16.8 Å². The van der Waals surface area contributed by atoms with Gasteiger partial charge < -0.3 is 0 Å². The SMILES string of the molecule is O=C(c1cc(C2=CC=C[SeH2]2)n(-c2ccc(Cl)cc2Cl)n1)N1CCCCC1. The molecule has 136 valence electrons. The Hall–Kier alpha value is -1.52. The fourth-order valence-electron chi connectivity index (χ4n) is 3.26. The summed E-state index contributed by atoms with van der Waals surface area (Å²) in [6, 6.07) is 7.25. The van der Waals surface area contributed by atoms with E-state index in [0.717, 1.165) is 37.3 Å². The third-order valence-electron chi connectivity index (χ3n) is 4.58. The van der Waals surface area contributed by atoms with E-state index in [4.69, 9.17) is 23.2 Å². The summed E-state index contributed by atoms with van der Waals surface area (Å²) in [6.45, 7) is 1.61. The third kappa shape index (κ3) is 3.49. The zero-order chi connectivity index (χ0) is 18.1. The molecule has 0 radical (unpaired) electrons. The molecule has 0 unspecified atom stereocenters. The van der Waals surface area contributed by atoms with E-state index in [1.165, 1.54) is 10.9 Å². The molecular weight excluding hydrogens is 436 g/mol. The first-order chi connectivity index (χ1) is 12.6. The van der Waals surface area contributed by atoms with Gasteiger partial charge >= 0.3 is 169 Å². The van der Waals surface area contributed by atoms with E-state index in [-0.39, 0.29) is 20.9 Å². The van der Waals surface area contributed by atoms with Gasteiger partial charge in [0.2, 0.25) is 0 Å². The van der Waals surface area contributed by atoms with Gasteiger partial charge in [-0.25, -0.2) is 0 Å². The van der Waals surface area contributed by atoms with Crippen LogP contribution in [0.1, 0.15) is 35.4 Å². The number of hydrogen-bond acceptors (Lipinski definition) is 2. The van der Waals surface area contributed by atoms with Crippen molar-refractivity contribution < 1.29 is 4.79 Å². The average Bonchev–Trinajstić information content (AvgIpc) is 3.31. The molecule has 2 aliphatic rings. The number of likely N-dealkylation sites (tertiary alicyclic amines) is 1. The van der Waals surface area contributed by atoms with Gasteiger partial charge in [0, 0.05) is 0 Å². The number of rotatable bonds is 3. The van der Waals surface area contributed by atoms with E-state index in [1.807, 2.05) is 17.0 Å². The van der Waals surface area contributed by atoms with Crippen LogP contribution in [0.2, 0.25) is 10.0 Å². The summed E-state index contributed by atoms with van der Waals surface area (Å²) in [4.78, 5) is 17.0. The standard InChI is InChI=1S/C19H19Cl2N3OSe/c20-13-6-7-16(14(21)11-13)24-17(18-5-4-10-26-18)12-15(22-24)19(25)23-8-2-1-3-9-23/h4-7,10-12H,1-3,8-9,26H2. The zero-order valence-corrected chi connectivity index (χ0v) is 17.7. The normalized spacial score (nSPS) is 18.4. The first kappa shape index (κ1) is 17.9.